The number of piperidine rings is 1. The van der Waals surface area contributed by atoms with E-state index in [0.717, 1.165) is 19.4 Å². The van der Waals surface area contributed by atoms with Gasteiger partial charge in [-0.25, -0.2) is 13.1 Å². The van der Waals surface area contributed by atoms with E-state index in [1.165, 1.54) is 13.3 Å². The normalized spacial score (nSPS) is 25.6. The van der Waals surface area contributed by atoms with Crippen LogP contribution in [0.5, 0.6) is 0 Å². The van der Waals surface area contributed by atoms with Crippen molar-refractivity contribution in [3.8, 4) is 0 Å². The molecule has 0 aromatic carbocycles. The number of aliphatic hydroxyl groups excluding tert-OH is 1. The van der Waals surface area contributed by atoms with Crippen LogP contribution in [0.2, 0.25) is 0 Å². The summed E-state index contributed by atoms with van der Waals surface area (Å²) in [6.45, 7) is 2.65. The Morgan fingerprint density at radius 3 is 2.75 bits per heavy atom. The quantitative estimate of drug-likeness (QED) is 0.707. The maximum atomic E-state index is 11.6. The average Bonchev–Trinajstić information content (AvgIpc) is 2.27. The molecular weight excluding hydrogens is 228 g/mol. The molecule has 6 heteroatoms. The Morgan fingerprint density at radius 1 is 1.50 bits per heavy atom. The van der Waals surface area contributed by atoms with Gasteiger partial charge in [-0.3, -0.25) is 0 Å². The lowest BCUT2D eigenvalue weighted by atomic mass is 10.0. The van der Waals surface area contributed by atoms with Gasteiger partial charge in [-0.1, -0.05) is 6.42 Å². The first-order valence-corrected chi connectivity index (χ1v) is 7.31. The van der Waals surface area contributed by atoms with Crippen LogP contribution in [0.3, 0.4) is 0 Å². The second-order valence-corrected chi connectivity index (χ2v) is 6.70. The number of rotatable bonds is 5. The first kappa shape index (κ1) is 13.9. The molecule has 1 heterocycles. The molecule has 0 bridgehead atoms. The van der Waals surface area contributed by atoms with Crippen molar-refractivity contribution in [3.05, 3.63) is 0 Å². The third-order valence-corrected chi connectivity index (χ3v) is 5.01. The lowest BCUT2D eigenvalue weighted by Crippen LogP contribution is -2.46. The fourth-order valence-electron chi connectivity index (χ4n) is 1.85. The number of hydrogen-bond donors (Lipinski definition) is 2. The average molecular weight is 250 g/mol. The monoisotopic (exact) mass is 250 g/mol. The van der Waals surface area contributed by atoms with E-state index in [2.05, 4.69) is 9.62 Å². The van der Waals surface area contributed by atoms with Crippen LogP contribution < -0.4 is 4.72 Å². The van der Waals surface area contributed by atoms with Crippen molar-refractivity contribution in [2.24, 2.45) is 0 Å². The van der Waals surface area contributed by atoms with Gasteiger partial charge in [-0.2, -0.15) is 0 Å². The largest absolute Gasteiger partial charge is 0.395 e. The first-order valence-electron chi connectivity index (χ1n) is 5.77. The summed E-state index contributed by atoms with van der Waals surface area (Å²) < 4.78 is 25.8. The molecule has 1 saturated heterocycles. The van der Waals surface area contributed by atoms with Gasteiger partial charge in [0.25, 0.3) is 0 Å². The number of likely N-dealkylation sites (tertiary alicyclic amines) is 1. The molecule has 0 aromatic heterocycles. The van der Waals surface area contributed by atoms with Gasteiger partial charge in [0, 0.05) is 12.6 Å². The summed E-state index contributed by atoms with van der Waals surface area (Å²) in [7, 11) is -1.34. The van der Waals surface area contributed by atoms with Crippen molar-refractivity contribution in [3.63, 3.8) is 0 Å². The molecule has 0 aromatic rings. The molecule has 0 spiro atoms. The van der Waals surface area contributed by atoms with Gasteiger partial charge in [-0.15, -0.1) is 0 Å². The Morgan fingerprint density at radius 2 is 2.19 bits per heavy atom. The highest BCUT2D eigenvalue weighted by molar-refractivity contribution is 7.90. The molecule has 0 saturated carbocycles. The van der Waals surface area contributed by atoms with E-state index in [4.69, 9.17) is 5.11 Å². The van der Waals surface area contributed by atoms with Crippen molar-refractivity contribution in [2.75, 3.05) is 26.7 Å². The van der Waals surface area contributed by atoms with Crippen LogP contribution in [0.1, 0.15) is 26.2 Å². The molecule has 1 aliphatic rings. The second-order valence-electron chi connectivity index (χ2n) is 4.52. The van der Waals surface area contributed by atoms with E-state index in [0.29, 0.717) is 6.54 Å². The van der Waals surface area contributed by atoms with Crippen LogP contribution in [-0.2, 0) is 10.0 Å². The molecule has 1 rings (SSSR count). The molecule has 2 N–H and O–H groups in total. The zero-order valence-electron chi connectivity index (χ0n) is 10.0. The van der Waals surface area contributed by atoms with Crippen LogP contribution in [0, 0.1) is 0 Å². The van der Waals surface area contributed by atoms with Crippen LogP contribution in [0.25, 0.3) is 0 Å². The molecule has 1 fully saturated rings. The Labute approximate surface area is 97.9 Å². The minimum Gasteiger partial charge on any atom is -0.395 e. The van der Waals surface area contributed by atoms with Gasteiger partial charge in [-0.05, 0) is 33.4 Å². The Bertz CT molecular complexity index is 305. The Kier molecular flexibility index (Phi) is 5.17. The topological polar surface area (TPSA) is 69.6 Å². The van der Waals surface area contributed by atoms with Crippen LogP contribution in [-0.4, -0.2) is 56.5 Å². The molecular formula is C10H22N2O3S. The van der Waals surface area contributed by atoms with E-state index < -0.39 is 15.3 Å². The van der Waals surface area contributed by atoms with Crippen LogP contribution in [0.15, 0.2) is 0 Å². The zero-order valence-corrected chi connectivity index (χ0v) is 10.8. The van der Waals surface area contributed by atoms with Crippen molar-refractivity contribution < 1.29 is 13.5 Å². The lowest BCUT2D eigenvalue weighted by molar-refractivity contribution is 0.187. The van der Waals surface area contributed by atoms with Crippen molar-refractivity contribution in [1.29, 1.82) is 0 Å². The van der Waals surface area contributed by atoms with Crippen LogP contribution >= 0.6 is 0 Å². The van der Waals surface area contributed by atoms with Gasteiger partial charge >= 0.3 is 0 Å². The number of hydrogen-bond acceptors (Lipinski definition) is 4. The lowest BCUT2D eigenvalue weighted by Gasteiger charge is -2.32. The van der Waals surface area contributed by atoms with Crippen LogP contribution in [0.4, 0.5) is 0 Å². The van der Waals surface area contributed by atoms with Gasteiger partial charge in [0.15, 0.2) is 0 Å². The Hall–Kier alpha value is -0.170. The third-order valence-electron chi connectivity index (χ3n) is 3.23. The van der Waals surface area contributed by atoms with E-state index in [9.17, 15) is 8.42 Å². The minimum absolute atomic E-state index is 0.286. The second kappa shape index (κ2) is 5.95. The molecule has 0 aliphatic carbocycles. The molecule has 0 amide bonds. The summed E-state index contributed by atoms with van der Waals surface area (Å²) in [6.07, 6.45) is 3.38. The van der Waals surface area contributed by atoms with E-state index in [1.807, 2.05) is 7.05 Å². The number of likely N-dealkylation sites (N-methyl/N-ethyl adjacent to an activating group) is 1. The fraction of sp³-hybridized carbons (Fsp3) is 1.00. The number of nitrogens with one attached hydrogen (secondary N) is 1. The number of sulfonamides is 1. The third kappa shape index (κ3) is 3.69. The predicted molar refractivity (Wildman–Crippen MR) is 63.7 cm³/mol. The highest BCUT2D eigenvalue weighted by Gasteiger charge is 2.24. The molecule has 5 nitrogen and oxygen atoms in total. The molecule has 2 unspecified atom stereocenters. The molecule has 96 valence electrons. The Balaban J connectivity index is 2.44. The van der Waals surface area contributed by atoms with E-state index in [-0.39, 0.29) is 12.6 Å². The highest BCUT2D eigenvalue weighted by atomic mass is 32.2. The molecule has 2 atom stereocenters. The van der Waals surface area contributed by atoms with Gasteiger partial charge in [0.1, 0.15) is 0 Å². The van der Waals surface area contributed by atoms with E-state index >= 15 is 0 Å². The summed E-state index contributed by atoms with van der Waals surface area (Å²) in [5.41, 5.74) is 0. The molecule has 16 heavy (non-hydrogen) atoms. The molecule has 0 radical (unpaired) electrons. The summed E-state index contributed by atoms with van der Waals surface area (Å²) >= 11 is 0. The van der Waals surface area contributed by atoms with E-state index in [1.54, 1.807) is 0 Å². The smallest absolute Gasteiger partial charge is 0.216 e. The number of aliphatic hydroxyl groups is 1. The molecule has 1 aliphatic heterocycles. The maximum Gasteiger partial charge on any atom is 0.216 e. The zero-order chi connectivity index (χ0) is 12.2. The van der Waals surface area contributed by atoms with Crippen molar-refractivity contribution >= 4 is 10.0 Å². The number of nitrogens with zero attached hydrogens (tertiary/aromatic N) is 1. The van der Waals surface area contributed by atoms with Gasteiger partial charge in [0.05, 0.1) is 11.9 Å². The minimum atomic E-state index is -3.36. The summed E-state index contributed by atoms with van der Waals surface area (Å²) in [6, 6.07) is 0.286. The first-order chi connectivity index (χ1) is 7.47. The summed E-state index contributed by atoms with van der Waals surface area (Å²) in [5, 5.41) is 8.09. The van der Waals surface area contributed by atoms with Gasteiger partial charge in [0.2, 0.25) is 10.0 Å². The summed E-state index contributed by atoms with van der Waals surface area (Å²) in [5.74, 6) is 0. The SMILES string of the molecule is CC(CO)S(=O)(=O)NCC1CCCCN1C. The van der Waals surface area contributed by atoms with Crippen molar-refractivity contribution in [1.82, 2.24) is 9.62 Å². The standard InChI is InChI=1S/C10H22N2O3S/c1-9(8-13)16(14,15)11-7-10-5-3-4-6-12(10)2/h9-11,13H,3-8H2,1-2H3. The highest BCUT2D eigenvalue weighted by Crippen LogP contribution is 2.14. The van der Waals surface area contributed by atoms with Gasteiger partial charge < -0.3 is 10.0 Å². The van der Waals surface area contributed by atoms with Crippen molar-refractivity contribution in [2.45, 2.75) is 37.5 Å². The predicted octanol–water partition coefficient (Wildman–Crippen LogP) is -0.229. The maximum absolute atomic E-state index is 11.6. The fourth-order valence-corrected chi connectivity index (χ4v) is 2.76. The summed E-state index contributed by atoms with van der Waals surface area (Å²) in [4.78, 5) is 2.19.